The highest BCUT2D eigenvalue weighted by molar-refractivity contribution is 7.14. The number of carbonyl (C=O) groups excluding carboxylic acids is 1. The predicted octanol–water partition coefficient (Wildman–Crippen LogP) is 2.32. The van der Waals surface area contributed by atoms with E-state index in [4.69, 9.17) is 10.2 Å². The monoisotopic (exact) mass is 265 g/mol. The van der Waals surface area contributed by atoms with Crippen molar-refractivity contribution in [2.75, 3.05) is 5.32 Å². The van der Waals surface area contributed by atoms with E-state index in [2.05, 4.69) is 10.3 Å². The molecule has 1 atom stereocenters. The molecule has 2 heterocycles. The fraction of sp³-hybridized carbons (Fsp3) is 0.333. The van der Waals surface area contributed by atoms with Crippen LogP contribution in [0, 0.1) is 5.92 Å². The van der Waals surface area contributed by atoms with Crippen LogP contribution in [0.1, 0.15) is 13.8 Å². The molecule has 5 nitrogen and oxygen atoms in total. The first-order valence-electron chi connectivity index (χ1n) is 5.64. The number of hydrogen-bond donors (Lipinski definition) is 2. The zero-order valence-corrected chi connectivity index (χ0v) is 11.0. The molecule has 2 rings (SSSR count). The molecule has 96 valence electrons. The SMILES string of the molecule is CC(C)C(N)C(=O)Nc1nc(-c2ccco2)cs1. The molecule has 0 saturated carbocycles. The third kappa shape index (κ3) is 2.77. The fourth-order valence-electron chi connectivity index (χ4n) is 1.36. The van der Waals surface area contributed by atoms with Crippen molar-refractivity contribution in [3.63, 3.8) is 0 Å². The van der Waals surface area contributed by atoms with Crippen LogP contribution < -0.4 is 11.1 Å². The van der Waals surface area contributed by atoms with Crippen LogP contribution in [-0.2, 0) is 4.79 Å². The van der Waals surface area contributed by atoms with E-state index < -0.39 is 6.04 Å². The highest BCUT2D eigenvalue weighted by Crippen LogP contribution is 2.25. The molecule has 0 saturated heterocycles. The maximum atomic E-state index is 11.8. The van der Waals surface area contributed by atoms with Gasteiger partial charge < -0.3 is 15.5 Å². The molecular formula is C12H15N3O2S. The minimum atomic E-state index is -0.527. The summed E-state index contributed by atoms with van der Waals surface area (Å²) in [6, 6.07) is 3.09. The van der Waals surface area contributed by atoms with Crippen molar-refractivity contribution in [2.24, 2.45) is 11.7 Å². The number of hydrogen-bond acceptors (Lipinski definition) is 5. The fourth-order valence-corrected chi connectivity index (χ4v) is 2.06. The summed E-state index contributed by atoms with van der Waals surface area (Å²) in [7, 11) is 0. The molecule has 0 spiro atoms. The van der Waals surface area contributed by atoms with Crippen LogP contribution >= 0.6 is 11.3 Å². The lowest BCUT2D eigenvalue weighted by molar-refractivity contribution is -0.118. The van der Waals surface area contributed by atoms with Crippen LogP contribution in [0.25, 0.3) is 11.5 Å². The van der Waals surface area contributed by atoms with Gasteiger partial charge in [-0.25, -0.2) is 4.98 Å². The summed E-state index contributed by atoms with van der Waals surface area (Å²) in [4.78, 5) is 16.0. The minimum absolute atomic E-state index is 0.0921. The number of aromatic nitrogens is 1. The normalized spacial score (nSPS) is 12.7. The number of carbonyl (C=O) groups is 1. The second-order valence-electron chi connectivity index (χ2n) is 4.27. The highest BCUT2D eigenvalue weighted by atomic mass is 32.1. The van der Waals surface area contributed by atoms with Gasteiger partial charge in [-0.1, -0.05) is 13.8 Å². The van der Waals surface area contributed by atoms with Crippen molar-refractivity contribution in [3.05, 3.63) is 23.8 Å². The molecule has 2 aromatic rings. The maximum Gasteiger partial charge on any atom is 0.243 e. The van der Waals surface area contributed by atoms with E-state index in [0.717, 1.165) is 0 Å². The molecule has 0 aromatic carbocycles. The van der Waals surface area contributed by atoms with Gasteiger partial charge in [0.1, 0.15) is 5.69 Å². The number of thiazole rings is 1. The molecular weight excluding hydrogens is 250 g/mol. The van der Waals surface area contributed by atoms with E-state index in [9.17, 15) is 4.79 Å². The molecule has 18 heavy (non-hydrogen) atoms. The first kappa shape index (κ1) is 12.8. The van der Waals surface area contributed by atoms with E-state index in [1.54, 1.807) is 12.3 Å². The van der Waals surface area contributed by atoms with Crippen LogP contribution in [0.5, 0.6) is 0 Å². The Morgan fingerprint density at radius 3 is 2.94 bits per heavy atom. The molecule has 3 N–H and O–H groups in total. The Morgan fingerprint density at radius 1 is 1.56 bits per heavy atom. The number of furan rings is 1. The maximum absolute atomic E-state index is 11.8. The van der Waals surface area contributed by atoms with Gasteiger partial charge in [-0.15, -0.1) is 11.3 Å². The predicted molar refractivity (Wildman–Crippen MR) is 71.3 cm³/mol. The van der Waals surface area contributed by atoms with E-state index in [1.165, 1.54) is 11.3 Å². The zero-order chi connectivity index (χ0) is 13.1. The summed E-state index contributed by atoms with van der Waals surface area (Å²) in [5, 5.41) is 5.07. The number of amides is 1. The molecule has 0 aliphatic rings. The second-order valence-corrected chi connectivity index (χ2v) is 5.13. The summed E-state index contributed by atoms with van der Waals surface area (Å²) < 4.78 is 5.23. The Balaban J connectivity index is 2.05. The van der Waals surface area contributed by atoms with Gasteiger partial charge in [0.25, 0.3) is 0 Å². The Labute approximate surface area is 109 Å². The molecule has 1 amide bonds. The molecule has 0 fully saturated rings. The molecule has 0 bridgehead atoms. The van der Waals surface area contributed by atoms with Gasteiger partial charge in [-0.2, -0.15) is 0 Å². The summed E-state index contributed by atoms with van der Waals surface area (Å²) in [6.07, 6.45) is 1.58. The Hall–Kier alpha value is -1.66. The minimum Gasteiger partial charge on any atom is -0.463 e. The van der Waals surface area contributed by atoms with Crippen molar-refractivity contribution in [3.8, 4) is 11.5 Å². The van der Waals surface area contributed by atoms with Gasteiger partial charge >= 0.3 is 0 Å². The Kier molecular flexibility index (Phi) is 3.78. The summed E-state index contributed by atoms with van der Waals surface area (Å²) in [5.74, 6) is 0.555. The molecule has 1 unspecified atom stereocenters. The Morgan fingerprint density at radius 2 is 2.33 bits per heavy atom. The molecule has 0 radical (unpaired) electrons. The van der Waals surface area contributed by atoms with E-state index in [-0.39, 0.29) is 11.8 Å². The molecule has 6 heteroatoms. The highest BCUT2D eigenvalue weighted by Gasteiger charge is 2.18. The third-order valence-electron chi connectivity index (χ3n) is 2.53. The van der Waals surface area contributed by atoms with Gasteiger partial charge in [-0.3, -0.25) is 4.79 Å². The first-order chi connectivity index (χ1) is 8.58. The summed E-state index contributed by atoms with van der Waals surface area (Å²) in [6.45, 7) is 3.81. The smallest absolute Gasteiger partial charge is 0.243 e. The van der Waals surface area contributed by atoms with Crippen molar-refractivity contribution in [1.82, 2.24) is 4.98 Å². The molecule has 2 aromatic heterocycles. The second kappa shape index (κ2) is 5.32. The quantitative estimate of drug-likeness (QED) is 0.889. The van der Waals surface area contributed by atoms with Crippen molar-refractivity contribution in [2.45, 2.75) is 19.9 Å². The van der Waals surface area contributed by atoms with E-state index in [0.29, 0.717) is 16.6 Å². The lowest BCUT2D eigenvalue weighted by Crippen LogP contribution is -2.39. The van der Waals surface area contributed by atoms with Crippen LogP contribution in [0.2, 0.25) is 0 Å². The van der Waals surface area contributed by atoms with Gasteiger partial charge in [-0.05, 0) is 18.1 Å². The lowest BCUT2D eigenvalue weighted by Gasteiger charge is -2.13. The first-order valence-corrected chi connectivity index (χ1v) is 6.51. The van der Waals surface area contributed by atoms with Crippen LogP contribution in [0.4, 0.5) is 5.13 Å². The number of rotatable bonds is 4. The van der Waals surface area contributed by atoms with Crippen LogP contribution in [-0.4, -0.2) is 16.9 Å². The topological polar surface area (TPSA) is 81.2 Å². The van der Waals surface area contributed by atoms with Gasteiger partial charge in [0, 0.05) is 5.38 Å². The number of anilines is 1. The van der Waals surface area contributed by atoms with Crippen molar-refractivity contribution in [1.29, 1.82) is 0 Å². The molecule has 0 aliphatic carbocycles. The summed E-state index contributed by atoms with van der Waals surface area (Å²) in [5.41, 5.74) is 6.46. The van der Waals surface area contributed by atoms with Gasteiger partial charge in [0.05, 0.1) is 12.3 Å². The van der Waals surface area contributed by atoms with Crippen molar-refractivity contribution < 1.29 is 9.21 Å². The van der Waals surface area contributed by atoms with Crippen molar-refractivity contribution >= 4 is 22.4 Å². The largest absolute Gasteiger partial charge is 0.463 e. The van der Waals surface area contributed by atoms with Gasteiger partial charge in [0.15, 0.2) is 10.9 Å². The average Bonchev–Trinajstić information content (AvgIpc) is 2.96. The number of nitrogens with one attached hydrogen (secondary N) is 1. The van der Waals surface area contributed by atoms with E-state index >= 15 is 0 Å². The average molecular weight is 265 g/mol. The Bertz CT molecular complexity index is 519. The lowest BCUT2D eigenvalue weighted by atomic mass is 10.1. The van der Waals surface area contributed by atoms with Gasteiger partial charge in [0.2, 0.25) is 5.91 Å². The van der Waals surface area contributed by atoms with Crippen LogP contribution in [0.3, 0.4) is 0 Å². The molecule has 0 aliphatic heterocycles. The zero-order valence-electron chi connectivity index (χ0n) is 10.2. The number of nitrogens with two attached hydrogens (primary N) is 1. The van der Waals surface area contributed by atoms with E-state index in [1.807, 2.05) is 25.3 Å². The number of nitrogens with zero attached hydrogens (tertiary/aromatic N) is 1. The summed E-state index contributed by atoms with van der Waals surface area (Å²) >= 11 is 1.35. The van der Waals surface area contributed by atoms with Crippen LogP contribution in [0.15, 0.2) is 28.2 Å². The third-order valence-corrected chi connectivity index (χ3v) is 3.29. The standard InChI is InChI=1S/C12H15N3O2S/c1-7(2)10(13)11(16)15-12-14-8(6-18-12)9-4-3-5-17-9/h3-7,10H,13H2,1-2H3,(H,14,15,16).